The lowest BCUT2D eigenvalue weighted by Crippen LogP contribution is -2.44. The minimum atomic E-state index is -4.20. The van der Waals surface area contributed by atoms with E-state index in [4.69, 9.17) is 0 Å². The molecule has 1 amide bonds. The Morgan fingerprint density at radius 2 is 1.81 bits per heavy atom. The van der Waals surface area contributed by atoms with Crippen molar-refractivity contribution in [3.05, 3.63) is 83.9 Å². The zero-order chi connectivity index (χ0) is 26.2. The first kappa shape index (κ1) is 25.3. The largest absolute Gasteiger partial charge is 0.282 e. The number of anilines is 1. The summed E-state index contributed by atoms with van der Waals surface area (Å²) < 4.78 is 69.3. The van der Waals surface area contributed by atoms with Crippen LogP contribution in [0.4, 0.5) is 18.3 Å². The summed E-state index contributed by atoms with van der Waals surface area (Å²) in [6.07, 6.45) is 1.99. The van der Waals surface area contributed by atoms with E-state index in [9.17, 15) is 26.4 Å². The lowest BCUT2D eigenvalue weighted by atomic mass is 9.96. The molecule has 0 saturated carbocycles. The number of benzene rings is 2. The fraction of sp³-hybridized carbons (Fsp3) is 0.240. The molecule has 0 unspecified atom stereocenters. The normalized spacial score (nSPS) is 15.2. The Balaban J connectivity index is 1.38. The second-order valence-electron chi connectivity index (χ2n) is 8.58. The van der Waals surface area contributed by atoms with Crippen molar-refractivity contribution in [1.82, 2.24) is 14.3 Å². The van der Waals surface area contributed by atoms with E-state index in [0.717, 1.165) is 16.4 Å². The Bertz CT molecular complexity index is 1560. The predicted octanol–water partition coefficient (Wildman–Crippen LogP) is 4.74. The quantitative estimate of drug-likeness (QED) is 0.349. The number of rotatable bonds is 6. The molecule has 4 aromatic rings. The van der Waals surface area contributed by atoms with Crippen LogP contribution in [0.15, 0.2) is 65.7 Å². The van der Waals surface area contributed by atoms with Gasteiger partial charge in [0.15, 0.2) is 5.13 Å². The number of aromatic nitrogens is 2. The van der Waals surface area contributed by atoms with E-state index in [1.54, 1.807) is 36.5 Å². The van der Waals surface area contributed by atoms with E-state index in [2.05, 4.69) is 9.97 Å². The number of fused-ring (bicyclic) bond motifs is 1. The summed E-state index contributed by atoms with van der Waals surface area (Å²) in [6, 6.07) is 12.2. The molecule has 2 aromatic carbocycles. The fourth-order valence-electron chi connectivity index (χ4n) is 4.30. The predicted molar refractivity (Wildman–Crippen MR) is 133 cm³/mol. The molecule has 2 aromatic heterocycles. The second-order valence-corrected chi connectivity index (χ2v) is 11.5. The number of hydrogen-bond acceptors (Lipinski definition) is 6. The molecule has 0 aliphatic carbocycles. The fourth-order valence-corrected chi connectivity index (χ4v) is 6.80. The van der Waals surface area contributed by atoms with Gasteiger partial charge >= 0.3 is 0 Å². The molecule has 0 radical (unpaired) electrons. The van der Waals surface area contributed by atoms with Crippen LogP contribution in [0, 0.1) is 23.4 Å². The molecule has 0 spiro atoms. The van der Waals surface area contributed by atoms with Gasteiger partial charge in [0.2, 0.25) is 15.9 Å². The molecule has 1 aliphatic heterocycles. The van der Waals surface area contributed by atoms with Gasteiger partial charge in [-0.2, -0.15) is 4.31 Å². The zero-order valence-corrected chi connectivity index (χ0v) is 21.0. The first-order valence-electron chi connectivity index (χ1n) is 11.5. The van der Waals surface area contributed by atoms with Gasteiger partial charge in [-0.05, 0) is 49.2 Å². The van der Waals surface area contributed by atoms with Crippen LogP contribution in [-0.2, 0) is 21.4 Å². The van der Waals surface area contributed by atoms with E-state index < -0.39 is 38.3 Å². The van der Waals surface area contributed by atoms with E-state index in [1.165, 1.54) is 22.3 Å². The van der Waals surface area contributed by atoms with Gasteiger partial charge in [0.1, 0.15) is 27.9 Å². The molecular formula is C25H21F3N4O3S2. The third-order valence-electron chi connectivity index (χ3n) is 6.22. The number of nitrogens with zero attached hydrogens (tertiary/aromatic N) is 4. The maximum atomic E-state index is 14.3. The van der Waals surface area contributed by atoms with Gasteiger partial charge in [-0.1, -0.05) is 23.5 Å². The third kappa shape index (κ3) is 5.09. The van der Waals surface area contributed by atoms with Crippen LogP contribution in [-0.4, -0.2) is 41.7 Å². The Morgan fingerprint density at radius 3 is 2.49 bits per heavy atom. The van der Waals surface area contributed by atoms with E-state index in [0.29, 0.717) is 21.6 Å². The average molecular weight is 547 g/mol. The molecule has 3 heterocycles. The van der Waals surface area contributed by atoms with Gasteiger partial charge in [-0.25, -0.2) is 26.6 Å². The van der Waals surface area contributed by atoms with Gasteiger partial charge < -0.3 is 0 Å². The SMILES string of the molecule is O=C(C1CCN(S(=O)(=O)c2ccc(F)cc2F)CC1)N(Cc1ccccn1)c1nc2c(F)cccc2s1. The Kier molecular flexibility index (Phi) is 6.97. The van der Waals surface area contributed by atoms with Crippen molar-refractivity contribution in [1.29, 1.82) is 0 Å². The van der Waals surface area contributed by atoms with Crippen LogP contribution in [0.3, 0.4) is 0 Å². The highest BCUT2D eigenvalue weighted by Gasteiger charge is 2.36. The van der Waals surface area contributed by atoms with Crippen LogP contribution in [0.25, 0.3) is 10.2 Å². The highest BCUT2D eigenvalue weighted by molar-refractivity contribution is 7.89. The maximum absolute atomic E-state index is 14.3. The molecule has 1 saturated heterocycles. The Labute approximate surface area is 215 Å². The number of thiazole rings is 1. The van der Waals surface area contributed by atoms with Crippen molar-refractivity contribution in [2.75, 3.05) is 18.0 Å². The molecule has 37 heavy (non-hydrogen) atoms. The van der Waals surface area contributed by atoms with Crippen molar-refractivity contribution in [2.24, 2.45) is 5.92 Å². The molecule has 12 heteroatoms. The summed E-state index contributed by atoms with van der Waals surface area (Å²) >= 11 is 1.18. The molecule has 7 nitrogen and oxygen atoms in total. The average Bonchev–Trinajstić information content (AvgIpc) is 3.33. The minimum Gasteiger partial charge on any atom is -0.282 e. The summed E-state index contributed by atoms with van der Waals surface area (Å²) in [5.74, 6) is -3.34. The number of carbonyl (C=O) groups excluding carboxylic acids is 1. The first-order valence-corrected chi connectivity index (χ1v) is 13.7. The van der Waals surface area contributed by atoms with E-state index >= 15 is 0 Å². The molecule has 0 atom stereocenters. The van der Waals surface area contributed by atoms with Gasteiger partial charge in [-0.3, -0.25) is 14.7 Å². The van der Waals surface area contributed by atoms with Crippen LogP contribution >= 0.6 is 11.3 Å². The number of hydrogen-bond donors (Lipinski definition) is 0. The van der Waals surface area contributed by atoms with Crippen molar-refractivity contribution < 1.29 is 26.4 Å². The topological polar surface area (TPSA) is 83.5 Å². The van der Waals surface area contributed by atoms with Gasteiger partial charge in [-0.15, -0.1) is 0 Å². The van der Waals surface area contributed by atoms with E-state index in [-0.39, 0.29) is 43.9 Å². The Morgan fingerprint density at radius 1 is 1.03 bits per heavy atom. The summed E-state index contributed by atoms with van der Waals surface area (Å²) in [4.78, 5) is 23.2. The highest BCUT2D eigenvalue weighted by Crippen LogP contribution is 2.34. The number of carbonyl (C=O) groups is 1. The van der Waals surface area contributed by atoms with Gasteiger partial charge in [0.25, 0.3) is 0 Å². The Hall–Kier alpha value is -3.35. The highest BCUT2D eigenvalue weighted by atomic mass is 32.2. The van der Waals surface area contributed by atoms with Gasteiger partial charge in [0.05, 0.1) is 16.9 Å². The molecule has 0 N–H and O–H groups in total. The van der Waals surface area contributed by atoms with Crippen molar-refractivity contribution in [2.45, 2.75) is 24.3 Å². The monoisotopic (exact) mass is 546 g/mol. The summed E-state index contributed by atoms with van der Waals surface area (Å²) in [7, 11) is -4.20. The zero-order valence-electron chi connectivity index (χ0n) is 19.4. The van der Waals surface area contributed by atoms with Gasteiger partial charge in [0, 0.05) is 31.3 Å². The summed E-state index contributed by atoms with van der Waals surface area (Å²) in [5.41, 5.74) is 0.783. The van der Waals surface area contributed by atoms with Crippen molar-refractivity contribution in [3.8, 4) is 0 Å². The first-order chi connectivity index (χ1) is 17.7. The van der Waals surface area contributed by atoms with Crippen LogP contribution in [0.1, 0.15) is 18.5 Å². The lowest BCUT2D eigenvalue weighted by Gasteiger charge is -2.33. The standard InChI is InChI=1S/C25H21F3N4O3S2/c26-17-7-8-22(20(28)14-17)37(34,35)31-12-9-16(10-13-31)24(33)32(15-18-4-1-2-11-29-18)25-30-23-19(27)5-3-6-21(23)36-25/h1-8,11,14,16H,9-10,12-13,15H2. The van der Waals surface area contributed by atoms with Crippen molar-refractivity contribution >= 4 is 42.6 Å². The molecular weight excluding hydrogens is 525 g/mol. The molecule has 0 bridgehead atoms. The lowest BCUT2D eigenvalue weighted by molar-refractivity contribution is -0.123. The summed E-state index contributed by atoms with van der Waals surface area (Å²) in [5, 5.41) is 0.319. The minimum absolute atomic E-state index is 0.0124. The number of para-hydroxylation sites is 1. The van der Waals surface area contributed by atoms with Crippen LogP contribution in [0.2, 0.25) is 0 Å². The number of amides is 1. The van der Waals surface area contributed by atoms with E-state index in [1.807, 2.05) is 0 Å². The maximum Gasteiger partial charge on any atom is 0.245 e. The molecule has 5 rings (SSSR count). The molecule has 1 fully saturated rings. The number of piperidine rings is 1. The molecule has 1 aliphatic rings. The number of sulfonamides is 1. The molecule has 192 valence electrons. The third-order valence-corrected chi connectivity index (χ3v) is 9.19. The van der Waals surface area contributed by atoms with Crippen molar-refractivity contribution in [3.63, 3.8) is 0 Å². The second kappa shape index (κ2) is 10.2. The summed E-state index contributed by atoms with van der Waals surface area (Å²) in [6.45, 7) is 0.0866. The number of pyridine rings is 1. The van der Waals surface area contributed by atoms with Crippen LogP contribution in [0.5, 0.6) is 0 Å². The van der Waals surface area contributed by atoms with Crippen LogP contribution < -0.4 is 4.90 Å². The number of halogens is 3. The smallest absolute Gasteiger partial charge is 0.245 e.